The maximum atomic E-state index is 12.9. The summed E-state index contributed by atoms with van der Waals surface area (Å²) in [5.74, 6) is 0.835. The Morgan fingerprint density at radius 3 is 3.04 bits per heavy atom. The number of imidazole rings is 1. The van der Waals surface area contributed by atoms with Gasteiger partial charge in [0.25, 0.3) is 0 Å². The zero-order chi connectivity index (χ0) is 16.9. The lowest BCUT2D eigenvalue weighted by atomic mass is 9.98. The number of alkyl halides is 2. The highest BCUT2D eigenvalue weighted by molar-refractivity contribution is 5.81. The second-order valence-corrected chi connectivity index (χ2v) is 6.67. The van der Waals surface area contributed by atoms with Gasteiger partial charge in [0.1, 0.15) is 5.82 Å². The van der Waals surface area contributed by atoms with Crippen molar-refractivity contribution in [1.29, 1.82) is 0 Å². The summed E-state index contributed by atoms with van der Waals surface area (Å²) in [6.45, 7) is 1.11. The molecule has 24 heavy (non-hydrogen) atoms. The fourth-order valence-electron chi connectivity index (χ4n) is 3.58. The number of rotatable bonds is 6. The van der Waals surface area contributed by atoms with Crippen LogP contribution in [-0.2, 0) is 11.3 Å². The van der Waals surface area contributed by atoms with Crippen LogP contribution in [-0.4, -0.2) is 52.6 Å². The van der Waals surface area contributed by atoms with E-state index >= 15 is 0 Å². The van der Waals surface area contributed by atoms with E-state index in [9.17, 15) is 13.6 Å². The van der Waals surface area contributed by atoms with Crippen LogP contribution in [0.25, 0.3) is 0 Å². The van der Waals surface area contributed by atoms with Crippen molar-refractivity contribution in [3.8, 4) is 0 Å². The normalized spacial score (nSPS) is 25.3. The van der Waals surface area contributed by atoms with Gasteiger partial charge in [0.05, 0.1) is 12.6 Å². The van der Waals surface area contributed by atoms with Crippen LogP contribution in [0.4, 0.5) is 8.78 Å². The fourth-order valence-corrected chi connectivity index (χ4v) is 3.58. The molecule has 0 radical (unpaired) electrons. The van der Waals surface area contributed by atoms with Gasteiger partial charge in [-0.25, -0.2) is 4.98 Å². The van der Waals surface area contributed by atoms with Gasteiger partial charge in [-0.2, -0.15) is 8.78 Å². The molecule has 0 aliphatic carbocycles. The first-order valence-corrected chi connectivity index (χ1v) is 8.67. The van der Waals surface area contributed by atoms with E-state index in [1.54, 1.807) is 0 Å². The molecule has 1 aromatic rings. The number of nitrogens with one attached hydrogen (secondary N) is 2. The van der Waals surface area contributed by atoms with E-state index in [4.69, 9.17) is 0 Å². The summed E-state index contributed by atoms with van der Waals surface area (Å²) in [5.41, 5.74) is 0. The van der Waals surface area contributed by atoms with Crippen LogP contribution in [0.15, 0.2) is 12.4 Å². The van der Waals surface area contributed by atoms with Gasteiger partial charge in [0, 0.05) is 25.5 Å². The maximum absolute atomic E-state index is 12.9. The molecule has 0 spiro atoms. The molecule has 3 rings (SSSR count). The monoisotopic (exact) mass is 341 g/mol. The number of halogens is 2. The van der Waals surface area contributed by atoms with Crippen LogP contribution in [0.1, 0.15) is 38.1 Å². The van der Waals surface area contributed by atoms with Crippen molar-refractivity contribution in [3.63, 3.8) is 0 Å². The number of carbonyl (C=O) groups is 1. The zero-order valence-corrected chi connectivity index (χ0v) is 13.8. The topological polar surface area (TPSA) is 62.2 Å². The summed E-state index contributed by atoms with van der Waals surface area (Å²) >= 11 is 0. The van der Waals surface area contributed by atoms with Crippen LogP contribution in [0.3, 0.4) is 0 Å². The van der Waals surface area contributed by atoms with Crippen molar-refractivity contribution in [2.45, 2.75) is 44.8 Å². The minimum absolute atomic E-state index is 0.0526. The lowest BCUT2D eigenvalue weighted by molar-refractivity contribution is -0.123. The van der Waals surface area contributed by atoms with Gasteiger partial charge in [-0.3, -0.25) is 14.3 Å². The van der Waals surface area contributed by atoms with Gasteiger partial charge in [-0.15, -0.1) is 0 Å². The first-order chi connectivity index (χ1) is 11.6. The predicted octanol–water partition coefficient (Wildman–Crippen LogP) is 1.36. The molecule has 6 nitrogen and oxygen atoms in total. The highest BCUT2D eigenvalue weighted by atomic mass is 19.3. The summed E-state index contributed by atoms with van der Waals surface area (Å²) in [6, 6.07) is -0.0526. The molecule has 1 amide bonds. The standard InChI is InChI=1S/C16H25F2N5O/c17-16(18)23-8-6-20-14(23)11-22-7-2-3-12(10-22)9-21-15(24)13-4-1-5-19-13/h6,8,12-13,16,19H,1-5,7,9-11H2,(H,21,24). The molecule has 0 saturated carbocycles. The molecule has 2 aliphatic rings. The number of nitrogens with zero attached hydrogens (tertiary/aromatic N) is 3. The molecule has 2 N–H and O–H groups in total. The highest BCUT2D eigenvalue weighted by Gasteiger charge is 2.25. The molecule has 134 valence electrons. The predicted molar refractivity (Wildman–Crippen MR) is 85.5 cm³/mol. The van der Waals surface area contributed by atoms with Crippen LogP contribution >= 0.6 is 0 Å². The third-order valence-corrected chi connectivity index (χ3v) is 4.87. The van der Waals surface area contributed by atoms with E-state index in [2.05, 4.69) is 20.5 Å². The molecule has 2 saturated heterocycles. The first kappa shape index (κ1) is 17.3. The average Bonchev–Trinajstić information content (AvgIpc) is 3.24. The number of amides is 1. The van der Waals surface area contributed by atoms with Crippen LogP contribution < -0.4 is 10.6 Å². The Bertz CT molecular complexity index is 544. The van der Waals surface area contributed by atoms with Crippen molar-refractivity contribution < 1.29 is 13.6 Å². The molecule has 2 atom stereocenters. The summed E-state index contributed by atoms with van der Waals surface area (Å²) in [4.78, 5) is 18.3. The van der Waals surface area contributed by atoms with Crippen LogP contribution in [0.5, 0.6) is 0 Å². The number of carbonyl (C=O) groups excluding carboxylic acids is 1. The smallest absolute Gasteiger partial charge is 0.319 e. The molecule has 1 aromatic heterocycles. The minimum Gasteiger partial charge on any atom is -0.354 e. The van der Waals surface area contributed by atoms with Crippen LogP contribution in [0.2, 0.25) is 0 Å². The van der Waals surface area contributed by atoms with Crippen molar-refractivity contribution in [3.05, 3.63) is 18.2 Å². The lowest BCUT2D eigenvalue weighted by Crippen LogP contribution is -2.45. The largest absolute Gasteiger partial charge is 0.354 e. The summed E-state index contributed by atoms with van der Waals surface area (Å²) in [6.07, 6.45) is 6.74. The summed E-state index contributed by atoms with van der Waals surface area (Å²) < 4.78 is 26.7. The number of piperidine rings is 1. The minimum atomic E-state index is -2.55. The van der Waals surface area contributed by atoms with E-state index in [-0.39, 0.29) is 11.9 Å². The van der Waals surface area contributed by atoms with Gasteiger partial charge < -0.3 is 10.6 Å². The quantitative estimate of drug-likeness (QED) is 0.820. The Labute approximate surface area is 140 Å². The van der Waals surface area contributed by atoms with Gasteiger partial charge in [-0.1, -0.05) is 0 Å². The third kappa shape index (κ3) is 4.30. The molecule has 2 fully saturated rings. The van der Waals surface area contributed by atoms with E-state index in [1.165, 1.54) is 12.4 Å². The molecule has 3 heterocycles. The van der Waals surface area contributed by atoms with Crippen molar-refractivity contribution >= 4 is 5.91 Å². The van der Waals surface area contributed by atoms with Crippen LogP contribution in [0, 0.1) is 5.92 Å². The second kappa shape index (κ2) is 8.02. The van der Waals surface area contributed by atoms with Gasteiger partial charge in [0.15, 0.2) is 0 Å². The maximum Gasteiger partial charge on any atom is 0.319 e. The zero-order valence-electron chi connectivity index (χ0n) is 13.8. The van der Waals surface area contributed by atoms with Crippen molar-refractivity contribution in [1.82, 2.24) is 25.1 Å². The number of aromatic nitrogens is 2. The van der Waals surface area contributed by atoms with E-state index < -0.39 is 6.55 Å². The van der Waals surface area contributed by atoms with Gasteiger partial charge in [-0.05, 0) is 44.7 Å². The number of likely N-dealkylation sites (tertiary alicyclic amines) is 1. The van der Waals surface area contributed by atoms with Crippen molar-refractivity contribution in [2.24, 2.45) is 5.92 Å². The molecule has 0 bridgehead atoms. The highest BCUT2D eigenvalue weighted by Crippen LogP contribution is 2.20. The molecular weight excluding hydrogens is 316 g/mol. The van der Waals surface area contributed by atoms with Gasteiger partial charge in [0.2, 0.25) is 5.91 Å². The SMILES string of the molecule is O=C(NCC1CCCN(Cc2nccn2C(F)F)C1)C1CCCN1. The Morgan fingerprint density at radius 1 is 1.42 bits per heavy atom. The van der Waals surface area contributed by atoms with E-state index in [0.29, 0.717) is 24.8 Å². The fraction of sp³-hybridized carbons (Fsp3) is 0.750. The van der Waals surface area contributed by atoms with Crippen molar-refractivity contribution in [2.75, 3.05) is 26.2 Å². The molecular formula is C16H25F2N5O. The Hall–Kier alpha value is -1.54. The number of hydrogen-bond donors (Lipinski definition) is 2. The lowest BCUT2D eigenvalue weighted by Gasteiger charge is -2.32. The average molecular weight is 341 g/mol. The molecule has 8 heteroatoms. The second-order valence-electron chi connectivity index (χ2n) is 6.67. The Balaban J connectivity index is 1.47. The van der Waals surface area contributed by atoms with Gasteiger partial charge >= 0.3 is 6.55 Å². The number of hydrogen-bond acceptors (Lipinski definition) is 4. The molecule has 0 aromatic carbocycles. The summed E-state index contributed by atoms with van der Waals surface area (Å²) in [5, 5.41) is 6.23. The molecule has 2 unspecified atom stereocenters. The summed E-state index contributed by atoms with van der Waals surface area (Å²) in [7, 11) is 0. The van der Waals surface area contributed by atoms with E-state index in [1.807, 2.05) is 0 Å². The third-order valence-electron chi connectivity index (χ3n) is 4.87. The molecule has 2 aliphatic heterocycles. The first-order valence-electron chi connectivity index (χ1n) is 8.67. The Morgan fingerprint density at radius 2 is 2.29 bits per heavy atom. The van der Waals surface area contributed by atoms with E-state index in [0.717, 1.165) is 49.9 Å². The Kier molecular flexibility index (Phi) is 5.78.